The minimum Gasteiger partial charge on any atom is -0.497 e. The first-order valence-electron chi connectivity index (χ1n) is 8.13. The number of carbonyl (C=O) groups excluding carboxylic acids is 1. The lowest BCUT2D eigenvalue weighted by molar-refractivity contribution is 0.0421. The predicted molar refractivity (Wildman–Crippen MR) is 89.3 cm³/mol. The van der Waals surface area contributed by atoms with Crippen molar-refractivity contribution < 1.29 is 18.7 Å². The monoisotopic (exact) mass is 344 g/mol. The van der Waals surface area contributed by atoms with Crippen molar-refractivity contribution in [2.75, 3.05) is 7.11 Å². The van der Waals surface area contributed by atoms with Crippen molar-refractivity contribution in [2.24, 2.45) is 0 Å². The van der Waals surface area contributed by atoms with E-state index in [4.69, 9.17) is 13.9 Å². The second-order valence-electron chi connectivity index (χ2n) is 5.67. The van der Waals surface area contributed by atoms with Crippen molar-refractivity contribution >= 4 is 16.9 Å². The molecule has 0 saturated carbocycles. The van der Waals surface area contributed by atoms with Gasteiger partial charge in [0.25, 0.3) is 0 Å². The Kier molecular flexibility index (Phi) is 4.97. The molecular formula is C17H20N4O4. The van der Waals surface area contributed by atoms with E-state index in [9.17, 15) is 4.79 Å². The fourth-order valence-electron chi connectivity index (χ4n) is 2.53. The van der Waals surface area contributed by atoms with Crippen LogP contribution in [0, 0.1) is 6.92 Å². The Morgan fingerprint density at radius 1 is 1.36 bits per heavy atom. The van der Waals surface area contributed by atoms with Crippen LogP contribution in [0.25, 0.3) is 11.0 Å². The van der Waals surface area contributed by atoms with Crippen LogP contribution in [0.4, 0.5) is 0 Å². The second-order valence-corrected chi connectivity index (χ2v) is 5.67. The smallest absolute Gasteiger partial charge is 0.375 e. The first-order chi connectivity index (χ1) is 12.1. The molecule has 0 fully saturated rings. The van der Waals surface area contributed by atoms with Crippen molar-refractivity contribution in [3.63, 3.8) is 0 Å². The number of carbonyl (C=O) groups is 1. The summed E-state index contributed by atoms with van der Waals surface area (Å²) in [5.74, 6) is 0.845. The average molecular weight is 344 g/mol. The number of fused-ring (bicyclic) bond motifs is 1. The number of nitrogens with zero attached hydrogens (tertiary/aromatic N) is 4. The van der Waals surface area contributed by atoms with E-state index < -0.39 is 5.97 Å². The SMILES string of the molecule is CCCCn1nnnc1COC(=O)c1oc2ccc(OC)cc2c1C. The molecule has 0 amide bonds. The van der Waals surface area contributed by atoms with E-state index in [-0.39, 0.29) is 12.4 Å². The number of ether oxygens (including phenoxy) is 2. The molecule has 0 radical (unpaired) electrons. The molecule has 0 saturated heterocycles. The highest BCUT2D eigenvalue weighted by molar-refractivity contribution is 5.96. The van der Waals surface area contributed by atoms with E-state index in [2.05, 4.69) is 22.4 Å². The number of hydrogen-bond acceptors (Lipinski definition) is 7. The molecule has 3 aromatic rings. The average Bonchev–Trinajstić information content (AvgIpc) is 3.22. The molecular weight excluding hydrogens is 324 g/mol. The van der Waals surface area contributed by atoms with E-state index in [0.717, 1.165) is 18.2 Å². The fourth-order valence-corrected chi connectivity index (χ4v) is 2.53. The zero-order valence-corrected chi connectivity index (χ0v) is 14.5. The van der Waals surface area contributed by atoms with Gasteiger partial charge in [-0.2, -0.15) is 0 Å². The Balaban J connectivity index is 1.74. The zero-order valence-electron chi connectivity index (χ0n) is 14.5. The third kappa shape index (κ3) is 3.47. The van der Waals surface area contributed by atoms with Gasteiger partial charge >= 0.3 is 5.97 Å². The van der Waals surface area contributed by atoms with Gasteiger partial charge in [-0.25, -0.2) is 9.48 Å². The van der Waals surface area contributed by atoms with Crippen LogP contribution >= 0.6 is 0 Å². The summed E-state index contributed by atoms with van der Waals surface area (Å²) in [4.78, 5) is 12.4. The molecule has 0 aliphatic rings. The summed E-state index contributed by atoms with van der Waals surface area (Å²) in [6.45, 7) is 4.59. The van der Waals surface area contributed by atoms with E-state index in [1.165, 1.54) is 0 Å². The van der Waals surface area contributed by atoms with Gasteiger partial charge in [0.05, 0.1) is 7.11 Å². The van der Waals surface area contributed by atoms with Crippen LogP contribution in [0.1, 0.15) is 41.7 Å². The molecule has 0 N–H and O–H groups in total. The van der Waals surface area contributed by atoms with Gasteiger partial charge in [-0.15, -0.1) is 5.10 Å². The minimum absolute atomic E-state index is 0.00461. The number of aryl methyl sites for hydroxylation is 2. The summed E-state index contributed by atoms with van der Waals surface area (Å²) in [7, 11) is 1.59. The standard InChI is InChI=1S/C17H20N4O4/c1-4-5-8-21-15(18-19-20-21)10-24-17(22)16-11(2)13-9-12(23-3)6-7-14(13)25-16/h6-7,9H,4-5,8,10H2,1-3H3. The molecule has 132 valence electrons. The Bertz CT molecular complexity index is 884. The van der Waals surface area contributed by atoms with Crippen molar-refractivity contribution in [2.45, 2.75) is 39.8 Å². The van der Waals surface area contributed by atoms with Crippen LogP contribution in [0.15, 0.2) is 22.6 Å². The molecule has 0 spiro atoms. The third-order valence-corrected chi connectivity index (χ3v) is 3.99. The summed E-state index contributed by atoms with van der Waals surface area (Å²) in [5.41, 5.74) is 1.32. The molecule has 1 aromatic carbocycles. The number of furan rings is 1. The fraction of sp³-hybridized carbons (Fsp3) is 0.412. The van der Waals surface area contributed by atoms with Gasteiger partial charge in [0.2, 0.25) is 5.76 Å². The molecule has 8 heteroatoms. The number of methoxy groups -OCH3 is 1. The lowest BCUT2D eigenvalue weighted by atomic mass is 10.1. The number of esters is 1. The van der Waals surface area contributed by atoms with Crippen molar-refractivity contribution in [3.8, 4) is 5.75 Å². The third-order valence-electron chi connectivity index (χ3n) is 3.99. The molecule has 25 heavy (non-hydrogen) atoms. The topological polar surface area (TPSA) is 92.3 Å². The molecule has 2 aromatic heterocycles. The Labute approximate surface area is 144 Å². The summed E-state index contributed by atoms with van der Waals surface area (Å²) in [6.07, 6.45) is 1.98. The molecule has 0 aliphatic heterocycles. The molecule has 8 nitrogen and oxygen atoms in total. The molecule has 0 unspecified atom stereocenters. The summed E-state index contributed by atoms with van der Waals surface area (Å²) in [5, 5.41) is 12.3. The zero-order chi connectivity index (χ0) is 17.8. The number of unbranched alkanes of at least 4 members (excludes halogenated alkanes) is 1. The molecule has 0 aliphatic carbocycles. The lowest BCUT2D eigenvalue weighted by Gasteiger charge is -2.04. The van der Waals surface area contributed by atoms with Crippen molar-refractivity contribution in [1.29, 1.82) is 0 Å². The second kappa shape index (κ2) is 7.33. The maximum absolute atomic E-state index is 12.4. The van der Waals surface area contributed by atoms with Gasteiger partial charge in [-0.3, -0.25) is 0 Å². The number of tetrazole rings is 1. The molecule has 0 atom stereocenters. The van der Waals surface area contributed by atoms with Crippen LogP contribution in [0.3, 0.4) is 0 Å². The van der Waals surface area contributed by atoms with E-state index in [1.54, 1.807) is 23.9 Å². The van der Waals surface area contributed by atoms with E-state index in [1.807, 2.05) is 13.0 Å². The highest BCUT2D eigenvalue weighted by atomic mass is 16.5. The van der Waals surface area contributed by atoms with Gasteiger partial charge < -0.3 is 13.9 Å². The number of aromatic nitrogens is 4. The maximum Gasteiger partial charge on any atom is 0.375 e. The van der Waals surface area contributed by atoms with Crippen LogP contribution in [0.2, 0.25) is 0 Å². The van der Waals surface area contributed by atoms with Crippen LogP contribution < -0.4 is 4.74 Å². The molecule has 2 heterocycles. The highest BCUT2D eigenvalue weighted by Gasteiger charge is 2.20. The molecule has 0 bridgehead atoms. The van der Waals surface area contributed by atoms with Crippen molar-refractivity contribution in [3.05, 3.63) is 35.3 Å². The summed E-state index contributed by atoms with van der Waals surface area (Å²) >= 11 is 0. The maximum atomic E-state index is 12.4. The first-order valence-corrected chi connectivity index (χ1v) is 8.13. The summed E-state index contributed by atoms with van der Waals surface area (Å²) < 4.78 is 17.8. The Morgan fingerprint density at radius 3 is 2.96 bits per heavy atom. The van der Waals surface area contributed by atoms with Gasteiger partial charge in [0.15, 0.2) is 12.4 Å². The largest absolute Gasteiger partial charge is 0.497 e. The van der Waals surface area contributed by atoms with E-state index in [0.29, 0.717) is 29.3 Å². The van der Waals surface area contributed by atoms with Gasteiger partial charge in [0, 0.05) is 17.5 Å². The minimum atomic E-state index is -0.544. The lowest BCUT2D eigenvalue weighted by Crippen LogP contribution is -2.11. The van der Waals surface area contributed by atoms with Crippen LogP contribution in [-0.4, -0.2) is 33.3 Å². The van der Waals surface area contributed by atoms with Gasteiger partial charge in [-0.1, -0.05) is 13.3 Å². The predicted octanol–water partition coefficient (Wildman–Crippen LogP) is 2.89. The molecule has 3 rings (SSSR count). The Hall–Kier alpha value is -2.90. The van der Waals surface area contributed by atoms with Crippen LogP contribution in [0.5, 0.6) is 5.75 Å². The van der Waals surface area contributed by atoms with Gasteiger partial charge in [-0.05, 0) is 42.0 Å². The normalized spacial score (nSPS) is 11.0. The van der Waals surface area contributed by atoms with Gasteiger partial charge in [0.1, 0.15) is 11.3 Å². The summed E-state index contributed by atoms with van der Waals surface area (Å²) in [6, 6.07) is 5.38. The van der Waals surface area contributed by atoms with Crippen LogP contribution in [-0.2, 0) is 17.9 Å². The number of rotatable bonds is 7. The van der Waals surface area contributed by atoms with E-state index >= 15 is 0 Å². The number of benzene rings is 1. The Morgan fingerprint density at radius 2 is 2.20 bits per heavy atom. The highest BCUT2D eigenvalue weighted by Crippen LogP contribution is 2.29. The first kappa shape index (κ1) is 16.9. The van der Waals surface area contributed by atoms with Crippen molar-refractivity contribution in [1.82, 2.24) is 20.2 Å². The number of hydrogen-bond donors (Lipinski definition) is 0. The quantitative estimate of drug-likeness (QED) is 0.608.